The van der Waals surface area contributed by atoms with Crippen LogP contribution in [0.25, 0.3) is 0 Å². The Balaban J connectivity index is 1.39. The fraction of sp³-hybridized carbons (Fsp3) is 0.321. The highest BCUT2D eigenvalue weighted by Gasteiger charge is 2.32. The lowest BCUT2D eigenvalue weighted by molar-refractivity contribution is -0.133. The van der Waals surface area contributed by atoms with Crippen molar-refractivity contribution >= 4 is 45.0 Å². The Kier molecular flexibility index (Phi) is 9.24. The van der Waals surface area contributed by atoms with Gasteiger partial charge in [0.15, 0.2) is 0 Å². The average Bonchev–Trinajstić information content (AvgIpc) is 3.37. The molecule has 1 heterocycles. The van der Waals surface area contributed by atoms with Crippen molar-refractivity contribution in [2.75, 3.05) is 34.4 Å². The monoisotopic (exact) mass is 606 g/mol. The number of likely N-dealkylation sites (N-methyl/N-ethyl adjacent to an activating group) is 1. The van der Waals surface area contributed by atoms with Crippen LogP contribution < -0.4 is 14.2 Å². The number of carbonyl (C=O) groups excluding carboxylic acids is 1. The Morgan fingerprint density at radius 3 is 2.43 bits per heavy atom. The maximum Gasteiger partial charge on any atom is 0.237 e. The molecule has 0 aliphatic carbocycles. The van der Waals surface area contributed by atoms with Crippen LogP contribution in [0.4, 0.5) is 0 Å². The van der Waals surface area contributed by atoms with Gasteiger partial charge in [-0.1, -0.05) is 45.2 Å². The third-order valence-corrected chi connectivity index (χ3v) is 7.85. The summed E-state index contributed by atoms with van der Waals surface area (Å²) in [5, 5.41) is 0.915. The van der Waals surface area contributed by atoms with Gasteiger partial charge in [-0.25, -0.2) is 0 Å². The van der Waals surface area contributed by atoms with Crippen LogP contribution in [0, 0.1) is 0 Å². The maximum atomic E-state index is 13.3. The zero-order valence-corrected chi connectivity index (χ0v) is 24.1. The standard InChI is InChI=1S/C28H29BrCl2N2O4/c1-32(16-18-6-7-20(13-23(18)29)37-21-9-11-24(30)25(31)14-21)17-28(34)33-12-4-5-26(33)22-10-8-19(35-2)15-27(22)36-3/h6-11,13-15,26H,4-5,12,16-17H2,1-3H3. The van der Waals surface area contributed by atoms with E-state index in [-0.39, 0.29) is 11.9 Å². The molecular weight excluding hydrogens is 579 g/mol. The fourth-order valence-electron chi connectivity index (χ4n) is 4.55. The molecule has 1 aliphatic rings. The van der Waals surface area contributed by atoms with Gasteiger partial charge in [0.2, 0.25) is 5.91 Å². The van der Waals surface area contributed by atoms with Crippen LogP contribution in [0.15, 0.2) is 59.1 Å². The molecule has 0 N–H and O–H groups in total. The lowest BCUT2D eigenvalue weighted by atomic mass is 10.0. The predicted octanol–water partition coefficient (Wildman–Crippen LogP) is 7.36. The number of rotatable bonds is 9. The molecule has 3 aromatic carbocycles. The van der Waals surface area contributed by atoms with Crippen LogP contribution in [0.3, 0.4) is 0 Å². The fourth-order valence-corrected chi connectivity index (χ4v) is 5.32. The lowest BCUT2D eigenvalue weighted by Crippen LogP contribution is -2.38. The van der Waals surface area contributed by atoms with Crippen molar-refractivity contribution in [3.63, 3.8) is 0 Å². The summed E-state index contributed by atoms with van der Waals surface area (Å²) >= 11 is 15.7. The summed E-state index contributed by atoms with van der Waals surface area (Å²) in [4.78, 5) is 17.3. The maximum absolute atomic E-state index is 13.3. The van der Waals surface area contributed by atoms with Crippen LogP contribution in [0.1, 0.15) is 30.0 Å². The minimum absolute atomic E-state index is 0.00806. The van der Waals surface area contributed by atoms with Crippen LogP contribution in [-0.4, -0.2) is 50.1 Å². The van der Waals surface area contributed by atoms with Gasteiger partial charge in [-0.2, -0.15) is 0 Å². The minimum Gasteiger partial charge on any atom is -0.497 e. The second kappa shape index (κ2) is 12.4. The zero-order valence-electron chi connectivity index (χ0n) is 21.0. The molecule has 0 bridgehead atoms. The molecule has 4 rings (SSSR count). The van der Waals surface area contributed by atoms with E-state index in [0.717, 1.165) is 46.5 Å². The molecule has 1 fully saturated rings. The van der Waals surface area contributed by atoms with E-state index >= 15 is 0 Å². The van der Waals surface area contributed by atoms with Crippen LogP contribution in [-0.2, 0) is 11.3 Å². The highest BCUT2D eigenvalue weighted by molar-refractivity contribution is 9.10. The Morgan fingerprint density at radius 1 is 1.00 bits per heavy atom. The van der Waals surface area contributed by atoms with E-state index in [2.05, 4.69) is 15.9 Å². The minimum atomic E-state index is -0.00806. The molecule has 6 nitrogen and oxygen atoms in total. The summed E-state index contributed by atoms with van der Waals surface area (Å²) in [6, 6.07) is 16.7. The van der Waals surface area contributed by atoms with Crippen molar-refractivity contribution in [3.05, 3.63) is 80.2 Å². The third kappa shape index (κ3) is 6.71. The van der Waals surface area contributed by atoms with Crippen LogP contribution >= 0.6 is 39.1 Å². The van der Waals surface area contributed by atoms with E-state index in [4.69, 9.17) is 37.4 Å². The molecule has 1 unspecified atom stereocenters. The van der Waals surface area contributed by atoms with Crippen molar-refractivity contribution in [1.29, 1.82) is 0 Å². The van der Waals surface area contributed by atoms with Crippen LogP contribution in [0.2, 0.25) is 10.0 Å². The number of amides is 1. The molecule has 1 saturated heterocycles. The van der Waals surface area contributed by atoms with Crippen molar-refractivity contribution in [2.24, 2.45) is 0 Å². The van der Waals surface area contributed by atoms with E-state index in [0.29, 0.717) is 34.6 Å². The third-order valence-electron chi connectivity index (χ3n) is 6.37. The van der Waals surface area contributed by atoms with Gasteiger partial charge in [0.05, 0.1) is 36.9 Å². The molecule has 196 valence electrons. The number of carbonyl (C=O) groups is 1. The first kappa shape index (κ1) is 27.6. The second-order valence-electron chi connectivity index (χ2n) is 8.96. The Morgan fingerprint density at radius 2 is 1.73 bits per heavy atom. The number of methoxy groups -OCH3 is 2. The molecule has 0 aromatic heterocycles. The molecular formula is C28H29BrCl2N2O4. The average molecular weight is 608 g/mol. The van der Waals surface area contributed by atoms with Gasteiger partial charge in [-0.3, -0.25) is 9.69 Å². The van der Waals surface area contributed by atoms with Crippen molar-refractivity contribution in [1.82, 2.24) is 9.80 Å². The SMILES string of the molecule is COc1ccc(C2CCCN2C(=O)CN(C)Cc2ccc(Oc3ccc(Cl)c(Cl)c3)cc2Br)c(OC)c1. The van der Waals surface area contributed by atoms with E-state index in [1.807, 2.05) is 53.2 Å². The first-order valence-electron chi connectivity index (χ1n) is 11.9. The van der Waals surface area contributed by atoms with Crippen molar-refractivity contribution in [2.45, 2.75) is 25.4 Å². The summed E-state index contributed by atoms with van der Waals surface area (Å²) in [6.07, 6.45) is 1.87. The predicted molar refractivity (Wildman–Crippen MR) is 150 cm³/mol. The Bertz CT molecular complexity index is 1270. The van der Waals surface area contributed by atoms with Gasteiger partial charge < -0.3 is 19.1 Å². The number of ether oxygens (including phenoxy) is 3. The normalized spacial score (nSPS) is 15.2. The number of hydrogen-bond acceptors (Lipinski definition) is 5. The largest absolute Gasteiger partial charge is 0.497 e. The molecule has 1 amide bonds. The van der Waals surface area contributed by atoms with Crippen molar-refractivity contribution < 1.29 is 19.0 Å². The number of likely N-dealkylation sites (tertiary alicyclic amines) is 1. The summed E-state index contributed by atoms with van der Waals surface area (Å²) < 4.78 is 17.7. The molecule has 3 aromatic rings. The summed E-state index contributed by atoms with van der Waals surface area (Å²) in [6.45, 7) is 1.64. The Labute approximate surface area is 236 Å². The van der Waals surface area contributed by atoms with Crippen LogP contribution in [0.5, 0.6) is 23.0 Å². The molecule has 9 heteroatoms. The molecule has 1 aliphatic heterocycles. The van der Waals surface area contributed by atoms with Gasteiger partial charge >= 0.3 is 0 Å². The number of hydrogen-bond donors (Lipinski definition) is 0. The number of halogens is 3. The molecule has 0 radical (unpaired) electrons. The second-order valence-corrected chi connectivity index (χ2v) is 10.6. The molecule has 0 spiro atoms. The van der Waals surface area contributed by atoms with Gasteiger partial charge in [0.25, 0.3) is 0 Å². The zero-order chi connectivity index (χ0) is 26.5. The Hall–Kier alpha value is -2.45. The topological polar surface area (TPSA) is 51.2 Å². The summed E-state index contributed by atoms with van der Waals surface area (Å²) in [5.74, 6) is 2.84. The highest BCUT2D eigenvalue weighted by Crippen LogP contribution is 2.39. The molecule has 1 atom stereocenters. The molecule has 0 saturated carbocycles. The van der Waals surface area contributed by atoms with E-state index in [1.54, 1.807) is 32.4 Å². The summed E-state index contributed by atoms with van der Waals surface area (Å²) in [5.41, 5.74) is 2.06. The molecule has 37 heavy (non-hydrogen) atoms. The van der Waals surface area contributed by atoms with Gasteiger partial charge in [0.1, 0.15) is 23.0 Å². The first-order chi connectivity index (χ1) is 17.8. The van der Waals surface area contributed by atoms with Gasteiger partial charge in [-0.15, -0.1) is 0 Å². The van der Waals surface area contributed by atoms with E-state index in [9.17, 15) is 4.79 Å². The van der Waals surface area contributed by atoms with E-state index < -0.39 is 0 Å². The number of benzene rings is 3. The lowest BCUT2D eigenvalue weighted by Gasteiger charge is -2.28. The quantitative estimate of drug-likeness (QED) is 0.254. The summed E-state index contributed by atoms with van der Waals surface area (Å²) in [7, 11) is 5.22. The first-order valence-corrected chi connectivity index (χ1v) is 13.4. The highest BCUT2D eigenvalue weighted by atomic mass is 79.9. The number of nitrogens with zero attached hydrogens (tertiary/aromatic N) is 2. The van der Waals surface area contributed by atoms with Crippen molar-refractivity contribution in [3.8, 4) is 23.0 Å². The van der Waals surface area contributed by atoms with Gasteiger partial charge in [0, 0.05) is 35.3 Å². The van der Waals surface area contributed by atoms with E-state index in [1.165, 1.54) is 0 Å². The van der Waals surface area contributed by atoms with Gasteiger partial charge in [-0.05, 0) is 61.9 Å². The smallest absolute Gasteiger partial charge is 0.237 e.